The van der Waals surface area contributed by atoms with Gasteiger partial charge in [0.05, 0.1) is 0 Å². The van der Waals surface area contributed by atoms with E-state index in [2.05, 4.69) is 5.32 Å². The summed E-state index contributed by atoms with van der Waals surface area (Å²) >= 11 is 6.13. The number of aliphatic hydroxyl groups excluding tert-OH is 1. The van der Waals surface area contributed by atoms with E-state index in [1.165, 1.54) is 0 Å². The van der Waals surface area contributed by atoms with Crippen molar-refractivity contribution in [2.24, 2.45) is 0 Å². The fraction of sp³-hybridized carbons (Fsp3) is 0.235. The SMILES string of the molecule is O=C1NCCCc2ccc(C(O)c3ccccc3Cl)cc21. The van der Waals surface area contributed by atoms with Gasteiger partial charge in [-0.1, -0.05) is 41.9 Å². The Morgan fingerprint density at radius 1 is 1.19 bits per heavy atom. The van der Waals surface area contributed by atoms with Crippen LogP contribution in [-0.4, -0.2) is 17.6 Å². The molecule has 0 radical (unpaired) electrons. The number of aliphatic hydroxyl groups is 1. The van der Waals surface area contributed by atoms with Crippen molar-refractivity contribution in [3.05, 3.63) is 69.7 Å². The molecule has 0 aromatic heterocycles. The Morgan fingerprint density at radius 3 is 2.81 bits per heavy atom. The zero-order valence-electron chi connectivity index (χ0n) is 11.5. The molecule has 2 N–H and O–H groups in total. The van der Waals surface area contributed by atoms with Crippen LogP contribution in [0.5, 0.6) is 0 Å². The van der Waals surface area contributed by atoms with Crippen molar-refractivity contribution in [2.75, 3.05) is 6.54 Å². The van der Waals surface area contributed by atoms with Crippen LogP contribution >= 0.6 is 11.6 Å². The van der Waals surface area contributed by atoms with E-state index in [0.717, 1.165) is 18.4 Å². The smallest absolute Gasteiger partial charge is 0.251 e. The number of hydrogen-bond acceptors (Lipinski definition) is 2. The topological polar surface area (TPSA) is 49.3 Å². The number of nitrogens with one attached hydrogen (secondary N) is 1. The summed E-state index contributed by atoms with van der Waals surface area (Å²) in [5, 5.41) is 13.9. The zero-order chi connectivity index (χ0) is 14.8. The molecular weight excluding hydrogens is 286 g/mol. The molecular formula is C17H16ClNO2. The van der Waals surface area contributed by atoms with Gasteiger partial charge in [0.2, 0.25) is 0 Å². The van der Waals surface area contributed by atoms with Crippen LogP contribution in [0.1, 0.15) is 39.6 Å². The zero-order valence-corrected chi connectivity index (χ0v) is 12.2. The van der Waals surface area contributed by atoms with E-state index in [4.69, 9.17) is 11.6 Å². The molecule has 1 heterocycles. The van der Waals surface area contributed by atoms with Gasteiger partial charge in [0, 0.05) is 22.7 Å². The Hall–Kier alpha value is -1.84. The molecule has 0 saturated carbocycles. The molecule has 0 aliphatic carbocycles. The van der Waals surface area contributed by atoms with Crippen molar-refractivity contribution >= 4 is 17.5 Å². The number of carbonyl (C=O) groups excluding carboxylic acids is 1. The van der Waals surface area contributed by atoms with E-state index in [0.29, 0.717) is 28.3 Å². The van der Waals surface area contributed by atoms with E-state index in [-0.39, 0.29) is 5.91 Å². The lowest BCUT2D eigenvalue weighted by Crippen LogP contribution is -2.22. The number of rotatable bonds is 2. The fourth-order valence-electron chi connectivity index (χ4n) is 2.65. The van der Waals surface area contributed by atoms with Gasteiger partial charge in [-0.05, 0) is 36.1 Å². The molecule has 2 aromatic carbocycles. The lowest BCUT2D eigenvalue weighted by atomic mass is 9.95. The first kappa shape index (κ1) is 14.1. The van der Waals surface area contributed by atoms with Crippen LogP contribution in [0.25, 0.3) is 0 Å². The van der Waals surface area contributed by atoms with Gasteiger partial charge in [-0.15, -0.1) is 0 Å². The Balaban J connectivity index is 2.00. The molecule has 4 heteroatoms. The summed E-state index contributed by atoms with van der Waals surface area (Å²) in [6.07, 6.45) is 0.974. The van der Waals surface area contributed by atoms with Gasteiger partial charge in [-0.2, -0.15) is 0 Å². The minimum Gasteiger partial charge on any atom is -0.384 e. The second kappa shape index (κ2) is 5.88. The molecule has 1 aliphatic rings. The predicted octanol–water partition coefficient (Wildman–Crippen LogP) is 3.10. The summed E-state index contributed by atoms with van der Waals surface area (Å²) in [5.41, 5.74) is 3.00. The van der Waals surface area contributed by atoms with Crippen molar-refractivity contribution in [2.45, 2.75) is 18.9 Å². The number of carbonyl (C=O) groups is 1. The maximum atomic E-state index is 12.1. The third-order valence-corrected chi connectivity index (χ3v) is 4.15. The van der Waals surface area contributed by atoms with Crippen LogP contribution in [0, 0.1) is 0 Å². The first-order valence-corrected chi connectivity index (χ1v) is 7.38. The van der Waals surface area contributed by atoms with Gasteiger partial charge in [-0.3, -0.25) is 4.79 Å². The van der Waals surface area contributed by atoms with Crippen LogP contribution in [0.4, 0.5) is 0 Å². The molecule has 1 unspecified atom stereocenters. The van der Waals surface area contributed by atoms with E-state index in [1.54, 1.807) is 18.2 Å². The van der Waals surface area contributed by atoms with Crippen molar-refractivity contribution < 1.29 is 9.90 Å². The number of aryl methyl sites for hydroxylation is 1. The van der Waals surface area contributed by atoms with E-state index in [9.17, 15) is 9.90 Å². The third kappa shape index (κ3) is 2.80. The minimum absolute atomic E-state index is 0.0734. The largest absolute Gasteiger partial charge is 0.384 e. The quantitative estimate of drug-likeness (QED) is 0.895. The molecule has 3 rings (SSSR count). The molecule has 0 spiro atoms. The minimum atomic E-state index is -0.833. The Morgan fingerprint density at radius 2 is 2.00 bits per heavy atom. The summed E-state index contributed by atoms with van der Waals surface area (Å²) in [4.78, 5) is 12.1. The van der Waals surface area contributed by atoms with Gasteiger partial charge in [0.15, 0.2) is 0 Å². The van der Waals surface area contributed by atoms with E-state index in [1.807, 2.05) is 24.3 Å². The van der Waals surface area contributed by atoms with Gasteiger partial charge in [0.25, 0.3) is 5.91 Å². The number of benzene rings is 2. The summed E-state index contributed by atoms with van der Waals surface area (Å²) in [5.74, 6) is -0.0734. The van der Waals surface area contributed by atoms with Crippen molar-refractivity contribution in [3.8, 4) is 0 Å². The molecule has 0 saturated heterocycles. The normalized spacial score (nSPS) is 15.8. The summed E-state index contributed by atoms with van der Waals surface area (Å²) in [6, 6.07) is 12.8. The fourth-order valence-corrected chi connectivity index (χ4v) is 2.89. The summed E-state index contributed by atoms with van der Waals surface area (Å²) in [7, 11) is 0. The van der Waals surface area contributed by atoms with Crippen LogP contribution < -0.4 is 5.32 Å². The van der Waals surface area contributed by atoms with E-state index >= 15 is 0 Å². The molecule has 2 aromatic rings. The van der Waals surface area contributed by atoms with Gasteiger partial charge in [0.1, 0.15) is 6.10 Å². The molecule has 21 heavy (non-hydrogen) atoms. The summed E-state index contributed by atoms with van der Waals surface area (Å²) < 4.78 is 0. The Bertz CT molecular complexity index is 684. The second-order valence-electron chi connectivity index (χ2n) is 5.20. The maximum Gasteiger partial charge on any atom is 0.251 e. The maximum absolute atomic E-state index is 12.1. The molecule has 3 nitrogen and oxygen atoms in total. The highest BCUT2D eigenvalue weighted by atomic mass is 35.5. The van der Waals surface area contributed by atoms with Crippen molar-refractivity contribution in [3.63, 3.8) is 0 Å². The summed E-state index contributed by atoms with van der Waals surface area (Å²) in [6.45, 7) is 0.690. The highest BCUT2D eigenvalue weighted by Crippen LogP contribution is 2.29. The average molecular weight is 302 g/mol. The third-order valence-electron chi connectivity index (χ3n) is 3.80. The lowest BCUT2D eigenvalue weighted by Gasteiger charge is -2.15. The van der Waals surface area contributed by atoms with Crippen LogP contribution in [0.3, 0.4) is 0 Å². The number of fused-ring (bicyclic) bond motifs is 1. The average Bonchev–Trinajstić information content (AvgIpc) is 2.69. The van der Waals surface area contributed by atoms with Gasteiger partial charge < -0.3 is 10.4 Å². The molecule has 1 amide bonds. The highest BCUT2D eigenvalue weighted by molar-refractivity contribution is 6.31. The standard InChI is InChI=1S/C17H16ClNO2/c18-15-6-2-1-5-13(15)16(20)12-8-7-11-4-3-9-19-17(21)14(11)10-12/h1-2,5-8,10,16,20H,3-4,9H2,(H,19,21). The van der Waals surface area contributed by atoms with Crippen LogP contribution in [0.15, 0.2) is 42.5 Å². The number of hydrogen-bond donors (Lipinski definition) is 2. The molecule has 1 atom stereocenters. The van der Waals surface area contributed by atoms with Crippen molar-refractivity contribution in [1.82, 2.24) is 5.32 Å². The first-order valence-electron chi connectivity index (χ1n) is 7.00. The first-order chi connectivity index (χ1) is 10.2. The van der Waals surface area contributed by atoms with Gasteiger partial charge >= 0.3 is 0 Å². The monoisotopic (exact) mass is 301 g/mol. The lowest BCUT2D eigenvalue weighted by molar-refractivity contribution is 0.0956. The van der Waals surface area contributed by atoms with Crippen LogP contribution in [0.2, 0.25) is 5.02 Å². The number of amides is 1. The predicted molar refractivity (Wildman–Crippen MR) is 82.6 cm³/mol. The molecule has 108 valence electrons. The second-order valence-corrected chi connectivity index (χ2v) is 5.61. The van der Waals surface area contributed by atoms with Crippen LogP contribution in [-0.2, 0) is 6.42 Å². The van der Waals surface area contributed by atoms with Crippen molar-refractivity contribution in [1.29, 1.82) is 0 Å². The van der Waals surface area contributed by atoms with Gasteiger partial charge in [-0.25, -0.2) is 0 Å². The molecule has 1 aliphatic heterocycles. The molecule has 0 bridgehead atoms. The Labute approximate surface area is 128 Å². The molecule has 0 fully saturated rings. The number of halogens is 1. The highest BCUT2D eigenvalue weighted by Gasteiger charge is 2.19. The Kier molecular flexibility index (Phi) is 3.95. The van der Waals surface area contributed by atoms with E-state index < -0.39 is 6.10 Å².